The molecule has 0 saturated carbocycles. The molecule has 0 aliphatic carbocycles. The number of rotatable bonds is 3. The number of hydrogen-bond acceptors (Lipinski definition) is 6. The van der Waals surface area contributed by atoms with Crippen molar-refractivity contribution in [2.75, 3.05) is 11.1 Å². The lowest BCUT2D eigenvalue weighted by Gasteiger charge is -2.20. The summed E-state index contributed by atoms with van der Waals surface area (Å²) in [6, 6.07) is 5.12. The summed E-state index contributed by atoms with van der Waals surface area (Å²) in [4.78, 5) is 39.0. The topological polar surface area (TPSA) is 129 Å². The molecule has 0 spiro atoms. The van der Waals surface area contributed by atoms with Gasteiger partial charge in [0.15, 0.2) is 0 Å². The predicted molar refractivity (Wildman–Crippen MR) is 126 cm³/mol. The average molecular weight is 468 g/mol. The lowest BCUT2D eigenvalue weighted by atomic mass is 9.92. The molecule has 0 unspecified atom stereocenters. The highest BCUT2D eigenvalue weighted by Gasteiger charge is 2.37. The number of ether oxygens (including phenoxy) is 1. The zero-order valence-corrected chi connectivity index (χ0v) is 19.4. The van der Waals surface area contributed by atoms with Gasteiger partial charge in [0.25, 0.3) is 11.5 Å². The Hall–Kier alpha value is -4.08. The summed E-state index contributed by atoms with van der Waals surface area (Å²) in [6.07, 6.45) is 0.483. The van der Waals surface area contributed by atoms with Gasteiger partial charge in [-0.1, -0.05) is 6.07 Å². The Morgan fingerprint density at radius 3 is 2.56 bits per heavy atom. The third-order valence-corrected chi connectivity index (χ3v) is 6.05. The number of phenolic OH excluding ortho intramolecular Hbond substituents is 1. The molecule has 2 heterocycles. The standard InChI is InChI=1S/C24H25FN4O5/c1-11-15-10-24(3,4)34-19(15)16(12(2)18(11)30)21(31)27-17-20(26)29(23(33)28(5)22(17)32)14-8-6-7-13(25)9-14/h6-9,30H,10,26H2,1-5H3,(H,27,31). The van der Waals surface area contributed by atoms with Crippen LogP contribution in [0.3, 0.4) is 0 Å². The Morgan fingerprint density at radius 2 is 1.91 bits per heavy atom. The Morgan fingerprint density at radius 1 is 1.24 bits per heavy atom. The first kappa shape index (κ1) is 23.1. The van der Waals surface area contributed by atoms with E-state index in [1.54, 1.807) is 13.8 Å². The summed E-state index contributed by atoms with van der Waals surface area (Å²) in [5.74, 6) is -1.43. The fourth-order valence-electron chi connectivity index (χ4n) is 4.26. The van der Waals surface area contributed by atoms with Crippen LogP contribution in [0.2, 0.25) is 0 Å². The number of aromatic nitrogens is 2. The van der Waals surface area contributed by atoms with Gasteiger partial charge in [-0.2, -0.15) is 0 Å². The van der Waals surface area contributed by atoms with E-state index in [4.69, 9.17) is 10.5 Å². The van der Waals surface area contributed by atoms with Crippen LogP contribution in [0.25, 0.3) is 5.69 Å². The highest BCUT2D eigenvalue weighted by molar-refractivity contribution is 6.09. The van der Waals surface area contributed by atoms with Crippen molar-refractivity contribution in [3.05, 3.63) is 73.2 Å². The van der Waals surface area contributed by atoms with E-state index in [1.807, 2.05) is 13.8 Å². The highest BCUT2D eigenvalue weighted by Crippen LogP contribution is 2.45. The zero-order valence-electron chi connectivity index (χ0n) is 19.4. The summed E-state index contributed by atoms with van der Waals surface area (Å²) in [7, 11) is 1.22. The van der Waals surface area contributed by atoms with E-state index in [2.05, 4.69) is 5.32 Å². The number of aromatic hydroxyl groups is 1. The van der Waals surface area contributed by atoms with Crippen LogP contribution in [0.1, 0.15) is 40.9 Å². The number of amides is 1. The SMILES string of the molecule is Cc1c(O)c(C)c(C(=O)Nc2c(N)n(-c3cccc(F)c3)c(=O)n(C)c2=O)c2c1CC(C)(C)O2. The molecule has 34 heavy (non-hydrogen) atoms. The van der Waals surface area contributed by atoms with Gasteiger partial charge in [0.05, 0.1) is 11.3 Å². The van der Waals surface area contributed by atoms with Crippen LogP contribution in [0.4, 0.5) is 15.9 Å². The fourth-order valence-corrected chi connectivity index (χ4v) is 4.26. The van der Waals surface area contributed by atoms with E-state index in [0.717, 1.165) is 15.2 Å². The number of nitrogens with one attached hydrogen (secondary N) is 1. The second-order valence-corrected chi connectivity index (χ2v) is 9.00. The van der Waals surface area contributed by atoms with Crippen molar-refractivity contribution < 1.29 is 19.0 Å². The number of hydrogen-bond donors (Lipinski definition) is 3. The highest BCUT2D eigenvalue weighted by atomic mass is 19.1. The van der Waals surface area contributed by atoms with Crippen LogP contribution < -0.4 is 27.0 Å². The molecule has 0 fully saturated rings. The first-order valence-corrected chi connectivity index (χ1v) is 10.6. The number of carbonyl (C=O) groups excluding carboxylic acids is 1. The van der Waals surface area contributed by atoms with Gasteiger partial charge in [-0.3, -0.25) is 14.2 Å². The molecule has 0 radical (unpaired) electrons. The van der Waals surface area contributed by atoms with E-state index >= 15 is 0 Å². The van der Waals surface area contributed by atoms with E-state index in [-0.39, 0.29) is 34.1 Å². The first-order chi connectivity index (χ1) is 15.8. The van der Waals surface area contributed by atoms with Crippen LogP contribution in [-0.4, -0.2) is 25.7 Å². The van der Waals surface area contributed by atoms with Crippen molar-refractivity contribution >= 4 is 17.4 Å². The van der Waals surface area contributed by atoms with Crippen molar-refractivity contribution in [1.82, 2.24) is 9.13 Å². The molecule has 178 valence electrons. The number of benzene rings is 2. The molecule has 1 amide bonds. The van der Waals surface area contributed by atoms with Crippen molar-refractivity contribution in [2.45, 2.75) is 39.7 Å². The number of carbonyl (C=O) groups is 1. The van der Waals surface area contributed by atoms with Crippen molar-refractivity contribution in [1.29, 1.82) is 0 Å². The van der Waals surface area contributed by atoms with E-state index in [1.165, 1.54) is 25.2 Å². The molecule has 0 atom stereocenters. The molecule has 10 heteroatoms. The number of nitrogens with two attached hydrogens (primary N) is 1. The van der Waals surface area contributed by atoms with Gasteiger partial charge in [0.2, 0.25) is 0 Å². The lowest BCUT2D eigenvalue weighted by molar-refractivity contribution is 0.101. The third-order valence-electron chi connectivity index (χ3n) is 6.05. The minimum atomic E-state index is -0.838. The second kappa shape index (κ2) is 7.75. The van der Waals surface area contributed by atoms with Crippen molar-refractivity contribution in [3.63, 3.8) is 0 Å². The molecule has 3 aromatic rings. The zero-order chi connectivity index (χ0) is 25.1. The third kappa shape index (κ3) is 3.51. The van der Waals surface area contributed by atoms with Gasteiger partial charge < -0.3 is 20.9 Å². The predicted octanol–water partition coefficient (Wildman–Crippen LogP) is 2.55. The first-order valence-electron chi connectivity index (χ1n) is 10.6. The maximum Gasteiger partial charge on any atom is 0.337 e. The maximum atomic E-state index is 13.8. The minimum Gasteiger partial charge on any atom is -0.507 e. The van der Waals surface area contributed by atoms with Gasteiger partial charge in [-0.25, -0.2) is 13.8 Å². The Kier molecular flexibility index (Phi) is 5.27. The molecule has 0 bridgehead atoms. The summed E-state index contributed by atoms with van der Waals surface area (Å²) in [5, 5.41) is 13.1. The summed E-state index contributed by atoms with van der Waals surface area (Å²) in [6.45, 7) is 7.05. The molecule has 4 N–H and O–H groups in total. The largest absolute Gasteiger partial charge is 0.507 e. The van der Waals surface area contributed by atoms with Gasteiger partial charge in [0, 0.05) is 24.6 Å². The number of nitrogen functional groups attached to an aromatic ring is 1. The Bertz CT molecular complexity index is 1490. The van der Waals surface area contributed by atoms with Gasteiger partial charge in [-0.05, 0) is 51.5 Å². The lowest BCUT2D eigenvalue weighted by Crippen LogP contribution is -2.40. The van der Waals surface area contributed by atoms with Crippen molar-refractivity contribution in [2.24, 2.45) is 7.05 Å². The van der Waals surface area contributed by atoms with Gasteiger partial charge >= 0.3 is 5.69 Å². The number of nitrogens with zero attached hydrogens (tertiary/aromatic N) is 2. The summed E-state index contributed by atoms with van der Waals surface area (Å²) < 4.78 is 21.5. The minimum absolute atomic E-state index is 0.0456. The fraction of sp³-hybridized carbons (Fsp3) is 0.292. The van der Waals surface area contributed by atoms with Gasteiger partial charge in [0.1, 0.15) is 34.4 Å². The van der Waals surface area contributed by atoms with Crippen LogP contribution in [0.15, 0.2) is 33.9 Å². The molecule has 1 aromatic heterocycles. The monoisotopic (exact) mass is 468 g/mol. The van der Waals surface area contributed by atoms with Crippen LogP contribution in [0.5, 0.6) is 11.5 Å². The normalized spacial score (nSPS) is 13.9. The second-order valence-electron chi connectivity index (χ2n) is 9.00. The smallest absolute Gasteiger partial charge is 0.337 e. The summed E-state index contributed by atoms with van der Waals surface area (Å²) in [5.41, 5.74) is 5.29. The number of phenols is 1. The molecular formula is C24H25FN4O5. The molecule has 2 aromatic carbocycles. The van der Waals surface area contributed by atoms with Crippen LogP contribution in [0, 0.1) is 19.7 Å². The van der Waals surface area contributed by atoms with Gasteiger partial charge in [-0.15, -0.1) is 0 Å². The number of halogens is 1. The molecular weight excluding hydrogens is 443 g/mol. The molecule has 1 aliphatic rings. The van der Waals surface area contributed by atoms with E-state index < -0.39 is 28.6 Å². The van der Waals surface area contributed by atoms with Crippen LogP contribution >= 0.6 is 0 Å². The molecule has 9 nitrogen and oxygen atoms in total. The molecule has 0 saturated heterocycles. The quantitative estimate of drug-likeness (QED) is 0.542. The summed E-state index contributed by atoms with van der Waals surface area (Å²) >= 11 is 0. The van der Waals surface area contributed by atoms with Crippen LogP contribution in [-0.2, 0) is 13.5 Å². The van der Waals surface area contributed by atoms with E-state index in [9.17, 15) is 23.9 Å². The number of anilines is 2. The average Bonchev–Trinajstić information content (AvgIpc) is 3.09. The van der Waals surface area contributed by atoms with Crippen molar-refractivity contribution in [3.8, 4) is 17.2 Å². The molecule has 1 aliphatic heterocycles. The number of fused-ring (bicyclic) bond motifs is 1. The van der Waals surface area contributed by atoms with E-state index in [0.29, 0.717) is 23.3 Å². The Balaban J connectivity index is 1.88. The maximum absolute atomic E-state index is 13.8. The Labute approximate surface area is 194 Å². The molecule has 4 rings (SSSR count).